The first-order chi connectivity index (χ1) is 16.1. The summed E-state index contributed by atoms with van der Waals surface area (Å²) in [6.45, 7) is 4.42. The summed E-state index contributed by atoms with van der Waals surface area (Å²) in [5.74, 6) is -1.09. The van der Waals surface area contributed by atoms with E-state index in [4.69, 9.17) is 0 Å². The molecule has 0 unspecified atom stereocenters. The van der Waals surface area contributed by atoms with Crippen molar-refractivity contribution in [2.75, 3.05) is 37.6 Å². The first-order valence-electron chi connectivity index (χ1n) is 11.2. The number of halogens is 3. The minimum atomic E-state index is -0.553. The number of hydrogen-bond donors (Lipinski definition) is 1. The smallest absolute Gasteiger partial charge is 0.212 e. The van der Waals surface area contributed by atoms with Crippen LogP contribution in [0.5, 0.6) is 0 Å². The fourth-order valence-electron chi connectivity index (χ4n) is 4.61. The molecule has 1 saturated heterocycles. The minimum Gasteiger partial charge on any atom is -0.368 e. The molecular formula is C26H25F3N4. The van der Waals surface area contributed by atoms with Crippen LogP contribution in [0.15, 0.2) is 60.9 Å². The predicted molar refractivity (Wildman–Crippen MR) is 125 cm³/mol. The molecule has 0 atom stereocenters. The second-order valence-electron chi connectivity index (χ2n) is 8.47. The summed E-state index contributed by atoms with van der Waals surface area (Å²) in [6.07, 6.45) is 5.30. The maximum Gasteiger partial charge on any atom is 0.212 e. The lowest BCUT2D eigenvalue weighted by molar-refractivity contribution is 0.255. The third-order valence-electron chi connectivity index (χ3n) is 6.36. The van der Waals surface area contributed by atoms with Crippen LogP contribution in [0.1, 0.15) is 12.0 Å². The number of fused-ring (bicyclic) bond motifs is 1. The SMILES string of the molecule is Fc1ccc(N2CCN(CCCc3c[nH]c4ccc(F)cc34)CC2)c(-c2ccc(F)nc2)c1. The molecule has 4 nitrogen and oxygen atoms in total. The van der Waals surface area contributed by atoms with E-state index in [1.165, 1.54) is 30.5 Å². The van der Waals surface area contributed by atoms with E-state index in [0.29, 0.717) is 5.56 Å². The average molecular weight is 451 g/mol. The Morgan fingerprint density at radius 3 is 2.45 bits per heavy atom. The van der Waals surface area contributed by atoms with Crippen LogP contribution < -0.4 is 4.90 Å². The largest absolute Gasteiger partial charge is 0.368 e. The van der Waals surface area contributed by atoms with Crippen molar-refractivity contribution in [1.82, 2.24) is 14.9 Å². The summed E-state index contributed by atoms with van der Waals surface area (Å²) in [4.78, 5) is 11.6. The molecule has 0 aliphatic carbocycles. The number of aromatic amines is 1. The van der Waals surface area contributed by atoms with Gasteiger partial charge in [-0.15, -0.1) is 0 Å². The van der Waals surface area contributed by atoms with Crippen LogP contribution >= 0.6 is 0 Å². The molecule has 0 radical (unpaired) electrons. The second kappa shape index (κ2) is 9.27. The molecule has 7 heteroatoms. The van der Waals surface area contributed by atoms with Crippen LogP contribution in [0.2, 0.25) is 0 Å². The Balaban J connectivity index is 1.20. The molecule has 170 valence electrons. The number of aryl methyl sites for hydroxylation is 1. The van der Waals surface area contributed by atoms with Crippen LogP contribution in [-0.2, 0) is 6.42 Å². The Morgan fingerprint density at radius 2 is 1.67 bits per heavy atom. The van der Waals surface area contributed by atoms with Gasteiger partial charge < -0.3 is 9.88 Å². The van der Waals surface area contributed by atoms with E-state index < -0.39 is 5.95 Å². The van der Waals surface area contributed by atoms with Gasteiger partial charge in [0.2, 0.25) is 5.95 Å². The Bertz CT molecular complexity index is 1240. The van der Waals surface area contributed by atoms with Gasteiger partial charge in [0.05, 0.1) is 0 Å². The molecule has 0 saturated carbocycles. The number of hydrogen-bond acceptors (Lipinski definition) is 3. The number of H-pyrrole nitrogens is 1. The Kier molecular flexibility index (Phi) is 6.05. The van der Waals surface area contributed by atoms with Gasteiger partial charge in [-0.25, -0.2) is 13.8 Å². The van der Waals surface area contributed by atoms with Crippen molar-refractivity contribution in [3.8, 4) is 11.1 Å². The highest BCUT2D eigenvalue weighted by Crippen LogP contribution is 2.32. The number of nitrogens with one attached hydrogen (secondary N) is 1. The predicted octanol–water partition coefficient (Wildman–Crippen LogP) is 5.40. The van der Waals surface area contributed by atoms with Crippen LogP contribution in [0, 0.1) is 17.6 Å². The lowest BCUT2D eigenvalue weighted by atomic mass is 10.0. The van der Waals surface area contributed by atoms with E-state index in [9.17, 15) is 13.2 Å². The lowest BCUT2D eigenvalue weighted by Gasteiger charge is -2.37. The quantitative estimate of drug-likeness (QED) is 0.400. The number of benzene rings is 2. The molecule has 2 aromatic heterocycles. The van der Waals surface area contributed by atoms with Gasteiger partial charge in [-0.2, -0.15) is 4.39 Å². The number of rotatable bonds is 6. The molecule has 1 aliphatic rings. The third kappa shape index (κ3) is 4.73. The fourth-order valence-corrected chi connectivity index (χ4v) is 4.61. The van der Waals surface area contributed by atoms with E-state index in [0.717, 1.165) is 73.3 Å². The van der Waals surface area contributed by atoms with Crippen molar-refractivity contribution in [2.24, 2.45) is 0 Å². The molecule has 0 spiro atoms. The highest BCUT2D eigenvalue weighted by atomic mass is 19.1. The molecule has 4 aromatic rings. The van der Waals surface area contributed by atoms with Crippen LogP contribution in [-0.4, -0.2) is 47.6 Å². The zero-order valence-corrected chi connectivity index (χ0v) is 18.2. The minimum absolute atomic E-state index is 0.212. The Hall–Kier alpha value is -3.32. The van der Waals surface area contributed by atoms with Crippen molar-refractivity contribution >= 4 is 16.6 Å². The Morgan fingerprint density at radius 1 is 0.879 bits per heavy atom. The lowest BCUT2D eigenvalue weighted by Crippen LogP contribution is -2.46. The average Bonchev–Trinajstić information content (AvgIpc) is 3.22. The normalized spacial score (nSPS) is 14.8. The van der Waals surface area contributed by atoms with E-state index in [-0.39, 0.29) is 11.6 Å². The number of nitrogens with zero attached hydrogens (tertiary/aromatic N) is 3. The monoisotopic (exact) mass is 450 g/mol. The van der Waals surface area contributed by atoms with Gasteiger partial charge in [0.15, 0.2) is 0 Å². The molecule has 1 fully saturated rings. The zero-order chi connectivity index (χ0) is 22.8. The van der Waals surface area contributed by atoms with Gasteiger partial charge >= 0.3 is 0 Å². The second-order valence-corrected chi connectivity index (χ2v) is 8.47. The molecule has 1 aliphatic heterocycles. The first kappa shape index (κ1) is 21.5. The van der Waals surface area contributed by atoms with Gasteiger partial charge in [-0.1, -0.05) is 0 Å². The molecule has 3 heterocycles. The third-order valence-corrected chi connectivity index (χ3v) is 6.36. The number of aromatic nitrogens is 2. The summed E-state index contributed by atoms with van der Waals surface area (Å²) in [6, 6.07) is 12.5. The summed E-state index contributed by atoms with van der Waals surface area (Å²) in [5.41, 5.74) is 4.47. The number of anilines is 1. The molecule has 0 bridgehead atoms. The van der Waals surface area contributed by atoms with Crippen molar-refractivity contribution in [3.63, 3.8) is 0 Å². The van der Waals surface area contributed by atoms with Crippen LogP contribution in [0.25, 0.3) is 22.0 Å². The van der Waals surface area contributed by atoms with Gasteiger partial charge in [0.25, 0.3) is 0 Å². The first-order valence-corrected chi connectivity index (χ1v) is 11.2. The number of piperazine rings is 1. The summed E-state index contributed by atoms with van der Waals surface area (Å²) >= 11 is 0. The van der Waals surface area contributed by atoms with Crippen molar-refractivity contribution in [2.45, 2.75) is 12.8 Å². The summed E-state index contributed by atoms with van der Waals surface area (Å²) < 4.78 is 40.8. The van der Waals surface area contributed by atoms with Gasteiger partial charge in [-0.3, -0.25) is 4.90 Å². The molecule has 2 aromatic carbocycles. The maximum atomic E-state index is 14.0. The van der Waals surface area contributed by atoms with Crippen LogP contribution in [0.3, 0.4) is 0 Å². The van der Waals surface area contributed by atoms with Crippen molar-refractivity contribution in [3.05, 3.63) is 84.1 Å². The Labute approximate surface area is 190 Å². The molecular weight excluding hydrogens is 425 g/mol. The topological polar surface area (TPSA) is 35.2 Å². The highest BCUT2D eigenvalue weighted by molar-refractivity contribution is 5.83. The maximum absolute atomic E-state index is 14.0. The summed E-state index contributed by atoms with van der Waals surface area (Å²) in [7, 11) is 0. The van der Waals surface area contributed by atoms with Crippen LogP contribution in [0.4, 0.5) is 18.9 Å². The molecule has 33 heavy (non-hydrogen) atoms. The molecule has 5 rings (SSSR count). The van der Waals surface area contributed by atoms with E-state index in [1.54, 1.807) is 24.3 Å². The fraction of sp³-hybridized carbons (Fsp3) is 0.269. The van der Waals surface area contributed by atoms with E-state index >= 15 is 0 Å². The highest BCUT2D eigenvalue weighted by Gasteiger charge is 2.20. The van der Waals surface area contributed by atoms with E-state index in [1.807, 2.05) is 6.20 Å². The van der Waals surface area contributed by atoms with Gasteiger partial charge in [-0.05, 0) is 73.5 Å². The summed E-state index contributed by atoms with van der Waals surface area (Å²) in [5, 5.41) is 0.957. The van der Waals surface area contributed by atoms with Gasteiger partial charge in [0, 0.05) is 66.3 Å². The standard InChI is InChI=1S/C26H25F3N4/c27-20-4-6-24-22(14-20)18(16-30-24)2-1-9-32-10-12-33(13-11-32)25-7-5-21(28)15-23(25)19-3-8-26(29)31-17-19/h3-8,14-17,30H,1-2,9-13H2. The van der Waals surface area contributed by atoms with E-state index in [2.05, 4.69) is 19.8 Å². The van der Waals surface area contributed by atoms with Crippen molar-refractivity contribution in [1.29, 1.82) is 0 Å². The van der Waals surface area contributed by atoms with Crippen molar-refractivity contribution < 1.29 is 13.2 Å². The van der Waals surface area contributed by atoms with Gasteiger partial charge in [0.1, 0.15) is 11.6 Å². The number of pyridine rings is 1. The molecule has 1 N–H and O–H groups in total. The molecule has 0 amide bonds. The zero-order valence-electron chi connectivity index (χ0n) is 18.2.